The van der Waals surface area contributed by atoms with E-state index in [-0.39, 0.29) is 5.91 Å². The zero-order valence-electron chi connectivity index (χ0n) is 16.4. The molecule has 0 atom stereocenters. The maximum Gasteiger partial charge on any atom is 0.225 e. The van der Waals surface area contributed by atoms with E-state index >= 15 is 0 Å². The van der Waals surface area contributed by atoms with E-state index in [1.54, 1.807) is 11.3 Å². The van der Waals surface area contributed by atoms with E-state index < -0.39 is 0 Å². The van der Waals surface area contributed by atoms with Gasteiger partial charge in [-0.25, -0.2) is 4.98 Å². The fraction of sp³-hybridized carbons (Fsp3) is 0.391. The number of aryl methyl sites for hydroxylation is 1. The van der Waals surface area contributed by atoms with Crippen molar-refractivity contribution < 1.29 is 4.79 Å². The smallest absolute Gasteiger partial charge is 0.225 e. The molecule has 1 amide bonds. The zero-order chi connectivity index (χ0) is 19.3. The summed E-state index contributed by atoms with van der Waals surface area (Å²) in [5.74, 6) is 0.0821. The minimum atomic E-state index is 0.0821. The molecule has 0 saturated carbocycles. The number of hydrogen-bond donors (Lipinski definition) is 1. The van der Waals surface area contributed by atoms with Gasteiger partial charge in [0, 0.05) is 29.4 Å². The summed E-state index contributed by atoms with van der Waals surface area (Å²) in [6, 6.07) is 8.55. The number of carbonyl (C=O) groups is 1. The molecule has 0 radical (unpaired) electrons. The number of rotatable bonds is 7. The summed E-state index contributed by atoms with van der Waals surface area (Å²) in [6.45, 7) is 2.89. The average molecular weight is 394 g/mol. The first-order valence-corrected chi connectivity index (χ1v) is 11.1. The summed E-state index contributed by atoms with van der Waals surface area (Å²) in [4.78, 5) is 18.1. The lowest BCUT2D eigenvalue weighted by Crippen LogP contribution is -2.26. The number of fused-ring (bicyclic) bond motifs is 1. The first kappa shape index (κ1) is 18.9. The lowest BCUT2D eigenvalue weighted by Gasteiger charge is -2.12. The van der Waals surface area contributed by atoms with Crippen molar-refractivity contribution in [3.8, 4) is 11.3 Å². The number of nitrogens with zero attached hydrogens (tertiary/aromatic N) is 2. The first-order valence-electron chi connectivity index (χ1n) is 10.2. The topological polar surface area (TPSA) is 46.4 Å². The Labute approximate surface area is 170 Å². The van der Waals surface area contributed by atoms with E-state index in [9.17, 15) is 4.79 Å². The molecule has 3 aromatic rings. The molecule has 0 spiro atoms. The van der Waals surface area contributed by atoms with Crippen molar-refractivity contribution in [2.24, 2.45) is 0 Å². The molecule has 1 aliphatic rings. The number of benzene rings is 1. The van der Waals surface area contributed by atoms with E-state index in [0.717, 1.165) is 41.3 Å². The van der Waals surface area contributed by atoms with Crippen molar-refractivity contribution in [3.05, 3.63) is 58.7 Å². The van der Waals surface area contributed by atoms with Gasteiger partial charge in [0.1, 0.15) is 0 Å². The van der Waals surface area contributed by atoms with E-state index in [0.29, 0.717) is 6.42 Å². The fourth-order valence-corrected chi connectivity index (χ4v) is 4.60. The Morgan fingerprint density at radius 3 is 2.86 bits per heavy atom. The second kappa shape index (κ2) is 8.74. The molecule has 0 saturated heterocycles. The Bertz CT molecular complexity index is 981. The van der Waals surface area contributed by atoms with Crippen LogP contribution in [-0.2, 0) is 17.6 Å². The van der Waals surface area contributed by atoms with Crippen LogP contribution in [0.15, 0.2) is 47.5 Å². The van der Waals surface area contributed by atoms with Gasteiger partial charge in [0.25, 0.3) is 0 Å². The molecule has 4 nitrogen and oxygen atoms in total. The number of aromatic nitrogens is 2. The minimum absolute atomic E-state index is 0.0821. The number of imidazole rings is 1. The van der Waals surface area contributed by atoms with Gasteiger partial charge in [-0.05, 0) is 44.1 Å². The van der Waals surface area contributed by atoms with E-state index in [2.05, 4.69) is 47.0 Å². The Morgan fingerprint density at radius 1 is 1.25 bits per heavy atom. The molecule has 1 aliphatic carbocycles. The molecule has 146 valence electrons. The van der Waals surface area contributed by atoms with Gasteiger partial charge in [-0.3, -0.25) is 9.20 Å². The van der Waals surface area contributed by atoms with Crippen LogP contribution in [0.2, 0.25) is 0 Å². The van der Waals surface area contributed by atoms with Crippen molar-refractivity contribution in [1.82, 2.24) is 14.7 Å². The molecule has 2 aromatic heterocycles. The quantitative estimate of drug-likeness (QED) is 0.563. The molecule has 0 aliphatic heterocycles. The fourth-order valence-electron chi connectivity index (χ4n) is 3.73. The third kappa shape index (κ3) is 4.36. The molecule has 0 fully saturated rings. The Hall–Kier alpha value is -2.40. The summed E-state index contributed by atoms with van der Waals surface area (Å²) in [5.41, 5.74) is 5.90. The number of allylic oxidation sites excluding steroid dienone is 1. The van der Waals surface area contributed by atoms with Gasteiger partial charge in [-0.2, -0.15) is 0 Å². The summed E-state index contributed by atoms with van der Waals surface area (Å²) in [5, 5.41) is 5.11. The third-order valence-corrected chi connectivity index (χ3v) is 6.33. The largest absolute Gasteiger partial charge is 0.355 e. The van der Waals surface area contributed by atoms with Crippen LogP contribution >= 0.6 is 11.3 Å². The Balaban J connectivity index is 1.39. The number of hydrogen-bond acceptors (Lipinski definition) is 3. The van der Waals surface area contributed by atoms with Gasteiger partial charge in [-0.1, -0.05) is 42.8 Å². The molecule has 0 unspecified atom stereocenters. The molecule has 5 heteroatoms. The molecule has 28 heavy (non-hydrogen) atoms. The highest BCUT2D eigenvalue weighted by molar-refractivity contribution is 7.15. The summed E-state index contributed by atoms with van der Waals surface area (Å²) >= 11 is 1.59. The summed E-state index contributed by atoms with van der Waals surface area (Å²) < 4.78 is 2.05. The predicted molar refractivity (Wildman–Crippen MR) is 116 cm³/mol. The predicted octanol–water partition coefficient (Wildman–Crippen LogP) is 5.17. The number of thiazole rings is 1. The van der Waals surface area contributed by atoms with Crippen molar-refractivity contribution >= 4 is 22.2 Å². The summed E-state index contributed by atoms with van der Waals surface area (Å²) in [7, 11) is 0. The van der Waals surface area contributed by atoms with Crippen molar-refractivity contribution in [2.45, 2.75) is 51.9 Å². The van der Waals surface area contributed by atoms with Crippen LogP contribution in [0.3, 0.4) is 0 Å². The zero-order valence-corrected chi connectivity index (χ0v) is 17.2. The summed E-state index contributed by atoms with van der Waals surface area (Å²) in [6.07, 6.45) is 11.8. The molecule has 2 heterocycles. The van der Waals surface area contributed by atoms with Gasteiger partial charge in [0.15, 0.2) is 4.96 Å². The highest BCUT2D eigenvalue weighted by atomic mass is 32.1. The molecule has 4 rings (SSSR count). The maximum absolute atomic E-state index is 12.4. The van der Waals surface area contributed by atoms with Gasteiger partial charge in [-0.15, -0.1) is 11.3 Å². The minimum Gasteiger partial charge on any atom is -0.355 e. The SMILES string of the molecule is CCc1ccc(-c2cn3c(CC(=O)NCCC4=CCCCC4)csc3n2)cc1. The highest BCUT2D eigenvalue weighted by Gasteiger charge is 2.13. The van der Waals surface area contributed by atoms with Crippen molar-refractivity contribution in [3.63, 3.8) is 0 Å². The number of amides is 1. The first-order chi connectivity index (χ1) is 13.7. The van der Waals surface area contributed by atoms with E-state index in [1.165, 1.54) is 36.8 Å². The van der Waals surface area contributed by atoms with Gasteiger partial charge in [0.2, 0.25) is 5.91 Å². The monoisotopic (exact) mass is 393 g/mol. The van der Waals surface area contributed by atoms with Gasteiger partial charge in [0.05, 0.1) is 12.1 Å². The third-order valence-electron chi connectivity index (χ3n) is 5.44. The maximum atomic E-state index is 12.4. The molecule has 0 bridgehead atoms. The van der Waals surface area contributed by atoms with Crippen molar-refractivity contribution in [1.29, 1.82) is 0 Å². The van der Waals surface area contributed by atoms with E-state index in [4.69, 9.17) is 4.98 Å². The lowest BCUT2D eigenvalue weighted by atomic mass is 9.97. The van der Waals surface area contributed by atoms with Crippen LogP contribution in [0.1, 0.15) is 50.3 Å². The highest BCUT2D eigenvalue weighted by Crippen LogP contribution is 2.24. The van der Waals surface area contributed by atoms with Crippen LogP contribution in [0.4, 0.5) is 0 Å². The van der Waals surface area contributed by atoms with Crippen molar-refractivity contribution in [2.75, 3.05) is 6.54 Å². The number of carbonyl (C=O) groups excluding carboxylic acids is 1. The van der Waals surface area contributed by atoms with E-state index in [1.807, 2.05) is 11.6 Å². The van der Waals surface area contributed by atoms with Crippen LogP contribution in [0.25, 0.3) is 16.2 Å². The van der Waals surface area contributed by atoms with Crippen LogP contribution in [0.5, 0.6) is 0 Å². The Kier molecular flexibility index (Phi) is 5.91. The van der Waals surface area contributed by atoms with Gasteiger partial charge < -0.3 is 5.32 Å². The van der Waals surface area contributed by atoms with Crippen LogP contribution < -0.4 is 5.32 Å². The lowest BCUT2D eigenvalue weighted by molar-refractivity contribution is -0.120. The van der Waals surface area contributed by atoms with Crippen LogP contribution in [0, 0.1) is 0 Å². The normalized spacial score (nSPS) is 14.2. The van der Waals surface area contributed by atoms with Gasteiger partial charge >= 0.3 is 0 Å². The molecule has 1 N–H and O–H groups in total. The molecular formula is C23H27N3OS. The second-order valence-electron chi connectivity index (χ2n) is 7.44. The molecular weight excluding hydrogens is 366 g/mol. The van der Waals surface area contributed by atoms with Crippen LogP contribution in [-0.4, -0.2) is 21.8 Å². The standard InChI is InChI=1S/C23H27N3OS/c1-2-17-8-10-19(11-9-17)21-15-26-20(16-28-23(26)25-21)14-22(27)24-13-12-18-6-4-3-5-7-18/h6,8-11,15-16H,2-5,7,12-14H2,1H3,(H,24,27). The second-order valence-corrected chi connectivity index (χ2v) is 8.28. The Morgan fingerprint density at radius 2 is 2.11 bits per heavy atom. The number of nitrogens with one attached hydrogen (secondary N) is 1. The average Bonchev–Trinajstić information content (AvgIpc) is 3.31. The molecule has 1 aromatic carbocycles.